The van der Waals surface area contributed by atoms with Gasteiger partial charge >= 0.3 is 5.97 Å². The first-order valence-electron chi connectivity index (χ1n) is 10.4. The van der Waals surface area contributed by atoms with Gasteiger partial charge in [0.1, 0.15) is 4.83 Å². The molecule has 0 saturated carbocycles. The van der Waals surface area contributed by atoms with Crippen molar-refractivity contribution in [2.24, 2.45) is 5.92 Å². The van der Waals surface area contributed by atoms with Gasteiger partial charge in [0, 0.05) is 11.3 Å². The van der Waals surface area contributed by atoms with Gasteiger partial charge in [0.25, 0.3) is 5.56 Å². The van der Waals surface area contributed by atoms with Gasteiger partial charge in [0.2, 0.25) is 0 Å². The molecule has 0 N–H and O–H groups in total. The molecule has 2 aromatic heterocycles. The van der Waals surface area contributed by atoms with Crippen LogP contribution >= 0.6 is 23.1 Å². The Hall–Kier alpha value is -2.16. The van der Waals surface area contributed by atoms with Gasteiger partial charge in [0.15, 0.2) is 5.16 Å². The maximum atomic E-state index is 13.8. The predicted octanol–water partition coefficient (Wildman–Crippen LogP) is 4.51. The fourth-order valence-electron chi connectivity index (χ4n) is 3.75. The number of aryl methyl sites for hydroxylation is 1. The molecule has 1 atom stereocenters. The molecule has 4 rings (SSSR count). The highest BCUT2D eigenvalue weighted by Crippen LogP contribution is 2.36. The first-order valence-corrected chi connectivity index (χ1v) is 12.2. The number of rotatable bonds is 6. The second-order valence-electron chi connectivity index (χ2n) is 7.95. The molecule has 0 unspecified atom stereocenters. The number of aromatic nitrogens is 2. The number of ether oxygens (including phenoxy) is 2. The number of esters is 1. The average Bonchev–Trinajstić information content (AvgIpc) is 3.10. The van der Waals surface area contributed by atoms with Gasteiger partial charge in [-0.15, -0.1) is 11.3 Å². The van der Waals surface area contributed by atoms with Crippen molar-refractivity contribution < 1.29 is 14.3 Å². The van der Waals surface area contributed by atoms with Crippen LogP contribution in [0.25, 0.3) is 15.9 Å². The van der Waals surface area contributed by atoms with Crippen molar-refractivity contribution in [2.45, 2.75) is 52.0 Å². The minimum atomic E-state index is -0.323. The monoisotopic (exact) mass is 458 g/mol. The molecule has 0 aliphatic carbocycles. The maximum Gasteiger partial charge on any atom is 0.316 e. The highest BCUT2D eigenvalue weighted by Gasteiger charge is 2.29. The molecule has 164 valence electrons. The molecule has 31 heavy (non-hydrogen) atoms. The Kier molecular flexibility index (Phi) is 6.50. The molecule has 0 bridgehead atoms. The number of thioether (sulfide) groups is 1. The van der Waals surface area contributed by atoms with Crippen molar-refractivity contribution in [2.75, 3.05) is 12.4 Å². The van der Waals surface area contributed by atoms with Crippen molar-refractivity contribution >= 4 is 39.3 Å². The number of hydrogen-bond donors (Lipinski definition) is 0. The summed E-state index contributed by atoms with van der Waals surface area (Å²) in [5.74, 6) is 0.145. The van der Waals surface area contributed by atoms with Gasteiger partial charge in [-0.25, -0.2) is 4.98 Å². The van der Waals surface area contributed by atoms with E-state index in [9.17, 15) is 9.59 Å². The van der Waals surface area contributed by atoms with Gasteiger partial charge in [-0.3, -0.25) is 14.2 Å². The first kappa shape index (κ1) is 22.0. The molecule has 3 aromatic rings. The third kappa shape index (κ3) is 4.42. The van der Waals surface area contributed by atoms with E-state index in [1.807, 2.05) is 31.2 Å². The Bertz CT molecular complexity index is 1180. The average molecular weight is 459 g/mol. The lowest BCUT2D eigenvalue weighted by Crippen LogP contribution is -2.28. The van der Waals surface area contributed by atoms with Crippen LogP contribution < -0.4 is 5.56 Å². The van der Waals surface area contributed by atoms with E-state index in [-0.39, 0.29) is 23.4 Å². The lowest BCUT2D eigenvalue weighted by atomic mass is 9.96. The molecule has 0 amide bonds. The lowest BCUT2D eigenvalue weighted by molar-refractivity contribution is -0.139. The van der Waals surface area contributed by atoms with Crippen LogP contribution in [0.15, 0.2) is 34.2 Å². The Morgan fingerprint density at radius 2 is 2.23 bits per heavy atom. The van der Waals surface area contributed by atoms with Crippen LogP contribution in [-0.4, -0.2) is 34.0 Å². The maximum absolute atomic E-state index is 13.8. The van der Waals surface area contributed by atoms with Crippen molar-refractivity contribution in [1.82, 2.24) is 9.55 Å². The summed E-state index contributed by atoms with van der Waals surface area (Å²) < 4.78 is 12.7. The Balaban J connectivity index is 1.87. The number of thiophene rings is 1. The van der Waals surface area contributed by atoms with Crippen LogP contribution in [0.5, 0.6) is 0 Å². The van der Waals surface area contributed by atoms with Crippen molar-refractivity contribution in [3.05, 3.63) is 50.6 Å². The summed E-state index contributed by atoms with van der Waals surface area (Å²) in [5.41, 5.74) is 2.76. The van der Waals surface area contributed by atoms with Crippen LogP contribution in [0.2, 0.25) is 0 Å². The molecule has 3 heterocycles. The van der Waals surface area contributed by atoms with E-state index in [2.05, 4.69) is 13.8 Å². The second-order valence-corrected chi connectivity index (χ2v) is 9.98. The molecule has 8 heteroatoms. The standard InChI is InChI=1S/C23H26N2O4S2/c1-5-28-19(26)12-30-23-24-21-20(16-10-17(13(2)3)29-11-18(16)31-21)22(27)25(23)15-8-6-7-14(4)9-15/h6-9,13,17H,5,10-12H2,1-4H3/t17-/m1/s1. The Labute approximate surface area is 189 Å². The Morgan fingerprint density at radius 1 is 1.42 bits per heavy atom. The van der Waals surface area contributed by atoms with Crippen molar-refractivity contribution in [3.63, 3.8) is 0 Å². The van der Waals surface area contributed by atoms with E-state index in [1.165, 1.54) is 23.1 Å². The number of hydrogen-bond acceptors (Lipinski definition) is 7. The van der Waals surface area contributed by atoms with E-state index < -0.39 is 0 Å². The molecule has 0 spiro atoms. The van der Waals surface area contributed by atoms with Gasteiger partial charge in [0.05, 0.1) is 36.1 Å². The summed E-state index contributed by atoms with van der Waals surface area (Å²) in [5, 5.41) is 1.17. The number of nitrogens with zero attached hydrogens (tertiary/aromatic N) is 2. The molecular formula is C23H26N2O4S2. The predicted molar refractivity (Wildman–Crippen MR) is 124 cm³/mol. The van der Waals surface area contributed by atoms with Gasteiger partial charge in [-0.2, -0.15) is 0 Å². The van der Waals surface area contributed by atoms with E-state index >= 15 is 0 Å². The number of carbonyl (C=O) groups is 1. The summed E-state index contributed by atoms with van der Waals surface area (Å²) in [6, 6.07) is 7.77. The molecule has 1 aromatic carbocycles. The molecule has 0 fully saturated rings. The highest BCUT2D eigenvalue weighted by molar-refractivity contribution is 7.99. The number of fused-ring (bicyclic) bond motifs is 3. The van der Waals surface area contributed by atoms with Gasteiger partial charge in [-0.05, 0) is 43.0 Å². The summed E-state index contributed by atoms with van der Waals surface area (Å²) in [4.78, 5) is 32.4. The molecule has 0 saturated heterocycles. The SMILES string of the molecule is CCOC(=O)CSc1nc2sc3c(c2c(=O)n1-c1cccc(C)c1)C[C@H](C(C)C)OC3. The van der Waals surface area contributed by atoms with E-state index in [0.29, 0.717) is 40.9 Å². The fraction of sp³-hybridized carbons (Fsp3) is 0.435. The van der Waals surface area contributed by atoms with Crippen molar-refractivity contribution in [1.29, 1.82) is 0 Å². The number of carbonyl (C=O) groups excluding carboxylic acids is 1. The number of benzene rings is 1. The van der Waals surface area contributed by atoms with Crippen molar-refractivity contribution in [3.8, 4) is 5.69 Å². The van der Waals surface area contributed by atoms with Crippen LogP contribution in [0.4, 0.5) is 0 Å². The third-order valence-corrected chi connectivity index (χ3v) is 7.35. The van der Waals surface area contributed by atoms with Crippen LogP contribution in [-0.2, 0) is 27.3 Å². The molecule has 0 radical (unpaired) electrons. The largest absolute Gasteiger partial charge is 0.465 e. The molecule has 6 nitrogen and oxygen atoms in total. The minimum absolute atomic E-state index is 0.0926. The zero-order valence-electron chi connectivity index (χ0n) is 18.1. The topological polar surface area (TPSA) is 70.4 Å². The third-order valence-electron chi connectivity index (χ3n) is 5.34. The van der Waals surface area contributed by atoms with Crippen LogP contribution in [0.3, 0.4) is 0 Å². The normalized spacial score (nSPS) is 16.0. The van der Waals surface area contributed by atoms with E-state index in [4.69, 9.17) is 14.5 Å². The molecule has 1 aliphatic heterocycles. The zero-order chi connectivity index (χ0) is 22.1. The van der Waals surface area contributed by atoms with Crippen LogP contribution in [0.1, 0.15) is 36.8 Å². The Morgan fingerprint density at radius 3 is 2.94 bits per heavy atom. The summed E-state index contributed by atoms with van der Waals surface area (Å²) in [6.07, 6.45) is 0.808. The summed E-state index contributed by atoms with van der Waals surface area (Å²) in [6.45, 7) is 8.87. The smallest absolute Gasteiger partial charge is 0.316 e. The van der Waals surface area contributed by atoms with Crippen LogP contribution in [0, 0.1) is 12.8 Å². The molecule has 1 aliphatic rings. The molecular weight excluding hydrogens is 432 g/mol. The lowest BCUT2D eigenvalue weighted by Gasteiger charge is -2.26. The van der Waals surface area contributed by atoms with E-state index in [1.54, 1.807) is 11.5 Å². The fourth-order valence-corrected chi connectivity index (χ4v) is 5.73. The summed E-state index contributed by atoms with van der Waals surface area (Å²) >= 11 is 2.74. The second kappa shape index (κ2) is 9.14. The minimum Gasteiger partial charge on any atom is -0.465 e. The first-order chi connectivity index (χ1) is 14.9. The van der Waals surface area contributed by atoms with E-state index in [0.717, 1.165) is 21.7 Å². The van der Waals surface area contributed by atoms with Gasteiger partial charge < -0.3 is 9.47 Å². The highest BCUT2D eigenvalue weighted by atomic mass is 32.2. The zero-order valence-corrected chi connectivity index (χ0v) is 19.8. The summed E-state index contributed by atoms with van der Waals surface area (Å²) in [7, 11) is 0. The van der Waals surface area contributed by atoms with Gasteiger partial charge in [-0.1, -0.05) is 37.7 Å². The quantitative estimate of drug-likeness (QED) is 0.308.